The topological polar surface area (TPSA) is 142 Å². The second-order valence-electron chi connectivity index (χ2n) is 21.0. The molecule has 14 nitrogen and oxygen atoms in total. The molecule has 0 radical (unpaired) electrons. The van der Waals surface area contributed by atoms with Crippen LogP contribution < -0.4 is 44.6 Å². The Kier molecular flexibility index (Phi) is 17.5. The number of methoxy groups -OCH3 is 1. The first kappa shape index (κ1) is 54.6. The van der Waals surface area contributed by atoms with E-state index in [1.165, 1.54) is 11.1 Å². The molecule has 2 atom stereocenters. The van der Waals surface area contributed by atoms with Crippen molar-refractivity contribution in [1.82, 2.24) is 5.48 Å². The molecule has 0 saturated heterocycles. The highest BCUT2D eigenvalue weighted by Gasteiger charge is 2.41. The normalized spacial score (nSPS) is 16.5. The summed E-state index contributed by atoms with van der Waals surface area (Å²) in [6, 6.07) is 29.8. The average molecular weight is 1070 g/mol. The molecule has 0 unspecified atom stereocenters. The maximum atomic E-state index is 14.3. The number of rotatable bonds is 24. The van der Waals surface area contributed by atoms with Gasteiger partial charge in [-0.1, -0.05) is 64.9 Å². The Morgan fingerprint density at radius 3 is 1.89 bits per heavy atom. The fourth-order valence-corrected chi connectivity index (χ4v) is 13.5. The first-order chi connectivity index (χ1) is 36.7. The molecular formula is C60H72N6O8S2. The number of fused-ring (bicyclic) bond motifs is 8. The van der Waals surface area contributed by atoms with Gasteiger partial charge in [0.15, 0.2) is 11.5 Å². The Labute approximate surface area is 455 Å². The predicted octanol–water partition coefficient (Wildman–Crippen LogP) is 11.1. The largest absolute Gasteiger partial charge is 0.493 e. The summed E-state index contributed by atoms with van der Waals surface area (Å²) in [5.41, 5.74) is 13.0. The summed E-state index contributed by atoms with van der Waals surface area (Å²) in [4.78, 5) is 68.2. The van der Waals surface area contributed by atoms with Gasteiger partial charge in [0.25, 0.3) is 11.8 Å². The number of aryl methyl sites for hydroxylation is 1. The Balaban J connectivity index is 0.887. The van der Waals surface area contributed by atoms with Crippen molar-refractivity contribution < 1.29 is 38.2 Å². The summed E-state index contributed by atoms with van der Waals surface area (Å²) in [5, 5.41) is 3.18. The highest BCUT2D eigenvalue weighted by molar-refractivity contribution is 8.77. The summed E-state index contributed by atoms with van der Waals surface area (Å²) >= 11 is 0. The van der Waals surface area contributed by atoms with E-state index in [9.17, 15) is 19.2 Å². The van der Waals surface area contributed by atoms with Crippen molar-refractivity contribution >= 4 is 73.5 Å². The zero-order valence-electron chi connectivity index (χ0n) is 45.0. The number of carbonyl (C=O) groups excluding carboxylic acids is 4. The van der Waals surface area contributed by atoms with Crippen molar-refractivity contribution in [2.75, 3.05) is 78.1 Å². The van der Waals surface area contributed by atoms with E-state index in [1.54, 1.807) is 34.8 Å². The number of amides is 3. The number of nitrogens with one attached hydrogen (secondary N) is 2. The van der Waals surface area contributed by atoms with E-state index in [2.05, 4.69) is 46.6 Å². The summed E-state index contributed by atoms with van der Waals surface area (Å²) in [5.74, 6) is 2.57. The van der Waals surface area contributed by atoms with E-state index in [4.69, 9.17) is 19.0 Å². The highest BCUT2D eigenvalue weighted by Crippen LogP contribution is 2.44. The second kappa shape index (κ2) is 24.4. The van der Waals surface area contributed by atoms with Crippen molar-refractivity contribution in [2.45, 2.75) is 116 Å². The van der Waals surface area contributed by atoms with Crippen molar-refractivity contribution in [3.8, 4) is 17.2 Å². The highest BCUT2D eigenvalue weighted by atomic mass is 33.1. The summed E-state index contributed by atoms with van der Waals surface area (Å²) < 4.78 is 18.9. The number of anilines is 5. The van der Waals surface area contributed by atoms with Crippen LogP contribution in [0.25, 0.3) is 0 Å². The van der Waals surface area contributed by atoms with Gasteiger partial charge >= 0.3 is 0 Å². The number of unbranched alkanes of at least 4 members (excludes halogenated alkanes) is 1. The lowest BCUT2D eigenvalue weighted by Gasteiger charge is -2.25. The Hall–Kier alpha value is -6.20. The van der Waals surface area contributed by atoms with E-state index >= 15 is 0 Å². The van der Waals surface area contributed by atoms with Gasteiger partial charge in [0.05, 0.1) is 48.3 Å². The van der Waals surface area contributed by atoms with E-state index in [0.29, 0.717) is 85.2 Å². The second-order valence-corrected chi connectivity index (χ2v) is 24.1. The molecule has 0 spiro atoms. The van der Waals surface area contributed by atoms with Gasteiger partial charge in [-0.2, -0.15) is 0 Å². The lowest BCUT2D eigenvalue weighted by Crippen LogP contribution is -2.41. The van der Waals surface area contributed by atoms with Crippen LogP contribution in [0.15, 0.2) is 91.0 Å². The third kappa shape index (κ3) is 12.6. The van der Waals surface area contributed by atoms with Gasteiger partial charge in [-0.3, -0.25) is 19.2 Å². The van der Waals surface area contributed by atoms with Crippen molar-refractivity contribution in [3.05, 3.63) is 130 Å². The van der Waals surface area contributed by atoms with E-state index in [-0.39, 0.29) is 47.8 Å². The summed E-state index contributed by atoms with van der Waals surface area (Å²) in [7, 11) is 9.13. The quantitative estimate of drug-likeness (QED) is 0.0344. The van der Waals surface area contributed by atoms with Gasteiger partial charge in [0.2, 0.25) is 5.91 Å². The number of hydrogen-bond donors (Lipinski definition) is 2. The molecule has 3 amide bonds. The van der Waals surface area contributed by atoms with Crippen LogP contribution >= 0.6 is 21.6 Å². The molecule has 4 heterocycles. The smallest absolute Gasteiger partial charge is 0.260 e. The lowest BCUT2D eigenvalue weighted by atomic mass is 10.1. The molecule has 5 aromatic rings. The Morgan fingerprint density at radius 2 is 1.28 bits per heavy atom. The minimum atomic E-state index is -0.176. The van der Waals surface area contributed by atoms with Gasteiger partial charge in [-0.25, -0.2) is 5.48 Å². The number of para-hydroxylation sites is 2. The summed E-state index contributed by atoms with van der Waals surface area (Å²) in [6.07, 6.45) is 6.26. The molecule has 2 N–H and O–H groups in total. The predicted molar refractivity (Wildman–Crippen MR) is 307 cm³/mol. The third-order valence-corrected chi connectivity index (χ3v) is 18.1. The molecule has 0 aromatic heterocycles. The molecule has 0 fully saturated rings. The van der Waals surface area contributed by atoms with Gasteiger partial charge in [-0.15, -0.1) is 0 Å². The fraction of sp³-hybridized carbons (Fsp3) is 0.433. The molecule has 4 aliphatic rings. The van der Waals surface area contributed by atoms with Gasteiger partial charge < -0.3 is 44.0 Å². The molecule has 0 aliphatic carbocycles. The molecular weight excluding hydrogens is 997 g/mol. The van der Waals surface area contributed by atoms with E-state index < -0.39 is 0 Å². The molecule has 0 saturated carbocycles. The number of likely N-dealkylation sites (N-methyl/N-ethyl adjacent to an activating group) is 2. The van der Waals surface area contributed by atoms with Crippen molar-refractivity contribution in [2.24, 2.45) is 0 Å². The SMILES string of the molecule is CCNOCCCCC(=O)CCCSSC(C)(C)CCC(=O)Nc1cc(COc2cc3c(cc2C)C(=O)N2c4ccccc4C[C@H]2CN3C)cc(COc2cc3c(cc2OC)C(=O)N2c4ccccc4C[C@H]2CN3C)c1. The van der Waals surface area contributed by atoms with Crippen molar-refractivity contribution in [1.29, 1.82) is 0 Å². The Morgan fingerprint density at radius 1 is 0.697 bits per heavy atom. The van der Waals surface area contributed by atoms with Gasteiger partial charge in [-0.05, 0) is 130 Å². The van der Waals surface area contributed by atoms with Crippen LogP contribution in [0.5, 0.6) is 17.2 Å². The number of hydrogen-bond acceptors (Lipinski definition) is 13. The van der Waals surface area contributed by atoms with E-state index in [1.807, 2.05) is 111 Å². The zero-order chi connectivity index (χ0) is 53.5. The van der Waals surface area contributed by atoms with Crippen LogP contribution in [0, 0.1) is 6.92 Å². The van der Waals surface area contributed by atoms with Crippen LogP contribution in [0.1, 0.15) is 114 Å². The van der Waals surface area contributed by atoms with Gasteiger partial charge in [0, 0.05) is 92.7 Å². The number of hydroxylamine groups is 1. The van der Waals surface area contributed by atoms with E-state index in [0.717, 1.165) is 83.8 Å². The standard InChI is InChI=1S/C60H72N6O8S2/c1-8-61-74-24-14-13-18-47(67)19-15-25-75-76-60(3,4)23-22-57(68)62-44-28-40(37-72-54-33-52-48(26-39(54)2)58(69)65-45(35-63(52)5)30-42-16-9-11-20-50(42)65)27-41(29-44)38-73-56-34-53-49(32-55(56)71-7)59(70)66-46(36-64(53)6)31-43-17-10-12-21-51(43)66/h9-12,16-17,20-21,26-29,32-34,45-46,61H,8,13-15,18-19,22-25,30-31,35-38H2,1-7H3,(H,62,68)/t45-,46-/m0/s1. The molecule has 9 rings (SSSR count). The van der Waals surface area contributed by atoms with Crippen LogP contribution in [0.2, 0.25) is 0 Å². The van der Waals surface area contributed by atoms with Crippen LogP contribution in [-0.4, -0.2) is 93.5 Å². The van der Waals surface area contributed by atoms with Gasteiger partial charge in [0.1, 0.15) is 24.7 Å². The molecule has 5 aromatic carbocycles. The lowest BCUT2D eigenvalue weighted by molar-refractivity contribution is -0.119. The number of ether oxygens (including phenoxy) is 3. The minimum absolute atomic E-state index is 0.00300. The van der Waals surface area contributed by atoms with Crippen LogP contribution in [-0.2, 0) is 40.5 Å². The first-order valence-electron chi connectivity index (χ1n) is 26.7. The first-order valence-corrected chi connectivity index (χ1v) is 29.0. The monoisotopic (exact) mass is 1070 g/mol. The maximum Gasteiger partial charge on any atom is 0.260 e. The zero-order valence-corrected chi connectivity index (χ0v) is 46.6. The molecule has 4 aliphatic heterocycles. The average Bonchev–Trinajstić information content (AvgIpc) is 3.94. The molecule has 402 valence electrons. The molecule has 16 heteroatoms. The third-order valence-electron chi connectivity index (χ3n) is 14.7. The summed E-state index contributed by atoms with van der Waals surface area (Å²) in [6.45, 7) is 11.3. The minimum Gasteiger partial charge on any atom is -0.493 e. The Bertz CT molecular complexity index is 2950. The number of Topliss-reactive ketones (excluding diaryl/α,β-unsaturated/α-hetero) is 1. The van der Waals surface area contributed by atoms with Crippen LogP contribution in [0.3, 0.4) is 0 Å². The molecule has 76 heavy (non-hydrogen) atoms. The molecule has 0 bridgehead atoms. The number of carbonyl (C=O) groups is 4. The maximum absolute atomic E-state index is 14.3. The number of nitrogens with zero attached hydrogens (tertiary/aromatic N) is 4. The van der Waals surface area contributed by atoms with Crippen LogP contribution in [0.4, 0.5) is 28.4 Å². The number of ketones is 1. The number of benzene rings is 5. The van der Waals surface area contributed by atoms with Crippen molar-refractivity contribution in [3.63, 3.8) is 0 Å². The fourth-order valence-electron chi connectivity index (χ4n) is 10.8.